The van der Waals surface area contributed by atoms with E-state index in [1.54, 1.807) is 7.11 Å². The number of piperidine rings is 1. The van der Waals surface area contributed by atoms with Crippen LogP contribution in [0, 0.1) is 0 Å². The standard InChI is InChI=1S/C15H25BrN2O/c1-17-12-13(11-14(16)15(17)19-2)7-6-10-18-8-4-3-5-9-18/h11-12,15H,3-10H2,1-2H3. The van der Waals surface area contributed by atoms with Crippen LogP contribution < -0.4 is 0 Å². The fraction of sp³-hybridized carbons (Fsp3) is 0.733. The van der Waals surface area contributed by atoms with Crippen molar-refractivity contribution in [3.8, 4) is 0 Å². The Bertz CT molecular complexity index is 348. The lowest BCUT2D eigenvalue weighted by atomic mass is 10.1. The molecule has 0 aliphatic carbocycles. The molecule has 2 aliphatic rings. The predicted octanol–water partition coefficient (Wildman–Crippen LogP) is 3.33. The number of nitrogens with zero attached hydrogens (tertiary/aromatic N) is 2. The number of likely N-dealkylation sites (N-methyl/N-ethyl adjacent to an activating group) is 1. The number of rotatable bonds is 5. The van der Waals surface area contributed by atoms with E-state index >= 15 is 0 Å². The van der Waals surface area contributed by atoms with E-state index < -0.39 is 0 Å². The van der Waals surface area contributed by atoms with E-state index in [9.17, 15) is 0 Å². The van der Waals surface area contributed by atoms with Crippen LogP contribution in [0.5, 0.6) is 0 Å². The van der Waals surface area contributed by atoms with Gasteiger partial charge in [-0.3, -0.25) is 0 Å². The molecule has 0 aromatic rings. The summed E-state index contributed by atoms with van der Waals surface area (Å²) in [5.74, 6) is 0. The maximum atomic E-state index is 5.42. The molecule has 2 aliphatic heterocycles. The number of methoxy groups -OCH3 is 1. The summed E-state index contributed by atoms with van der Waals surface area (Å²) in [7, 11) is 3.80. The first-order valence-electron chi connectivity index (χ1n) is 7.25. The van der Waals surface area contributed by atoms with Crippen molar-refractivity contribution in [2.75, 3.05) is 33.8 Å². The van der Waals surface area contributed by atoms with Gasteiger partial charge in [0, 0.05) is 24.8 Å². The number of halogens is 1. The summed E-state index contributed by atoms with van der Waals surface area (Å²) in [5, 5.41) is 0. The number of hydrogen-bond acceptors (Lipinski definition) is 3. The van der Waals surface area contributed by atoms with Crippen LogP contribution >= 0.6 is 15.9 Å². The highest BCUT2D eigenvalue weighted by Gasteiger charge is 2.19. The topological polar surface area (TPSA) is 15.7 Å². The van der Waals surface area contributed by atoms with Gasteiger partial charge in [-0.2, -0.15) is 0 Å². The molecule has 19 heavy (non-hydrogen) atoms. The van der Waals surface area contributed by atoms with Gasteiger partial charge in [-0.15, -0.1) is 0 Å². The van der Waals surface area contributed by atoms with Crippen molar-refractivity contribution >= 4 is 15.9 Å². The van der Waals surface area contributed by atoms with Crippen LogP contribution in [0.1, 0.15) is 32.1 Å². The average Bonchev–Trinajstić information content (AvgIpc) is 2.40. The van der Waals surface area contributed by atoms with Gasteiger partial charge < -0.3 is 14.5 Å². The van der Waals surface area contributed by atoms with Gasteiger partial charge in [-0.1, -0.05) is 22.4 Å². The van der Waals surface area contributed by atoms with Crippen molar-refractivity contribution in [2.45, 2.75) is 38.3 Å². The molecule has 0 aromatic heterocycles. The van der Waals surface area contributed by atoms with E-state index in [1.165, 1.54) is 50.9 Å². The summed E-state index contributed by atoms with van der Waals surface area (Å²) in [4.78, 5) is 4.73. The van der Waals surface area contributed by atoms with Gasteiger partial charge in [-0.05, 0) is 57.0 Å². The molecule has 1 saturated heterocycles. The van der Waals surface area contributed by atoms with Crippen LogP contribution in [-0.2, 0) is 4.74 Å². The van der Waals surface area contributed by atoms with Crippen molar-refractivity contribution < 1.29 is 4.74 Å². The van der Waals surface area contributed by atoms with Gasteiger partial charge in [-0.25, -0.2) is 0 Å². The molecule has 0 saturated carbocycles. The van der Waals surface area contributed by atoms with Crippen molar-refractivity contribution in [1.29, 1.82) is 0 Å². The second kappa shape index (κ2) is 7.46. The van der Waals surface area contributed by atoms with Crippen LogP contribution in [0.2, 0.25) is 0 Å². The van der Waals surface area contributed by atoms with Gasteiger partial charge in [0.15, 0.2) is 6.23 Å². The van der Waals surface area contributed by atoms with Gasteiger partial charge in [0.2, 0.25) is 0 Å². The molecule has 1 unspecified atom stereocenters. The highest BCUT2D eigenvalue weighted by Crippen LogP contribution is 2.26. The number of likely N-dealkylation sites (tertiary alicyclic amines) is 1. The highest BCUT2D eigenvalue weighted by atomic mass is 79.9. The third-order valence-electron chi connectivity index (χ3n) is 3.91. The Morgan fingerprint density at radius 3 is 2.68 bits per heavy atom. The Labute approximate surface area is 125 Å². The second-order valence-corrected chi connectivity index (χ2v) is 6.41. The molecule has 2 heterocycles. The molecule has 1 atom stereocenters. The Morgan fingerprint density at radius 2 is 2.05 bits per heavy atom. The zero-order valence-electron chi connectivity index (χ0n) is 12.1. The van der Waals surface area contributed by atoms with Crippen molar-refractivity contribution in [2.24, 2.45) is 0 Å². The van der Waals surface area contributed by atoms with E-state index in [0.29, 0.717) is 0 Å². The minimum Gasteiger partial charge on any atom is -0.357 e. The first-order valence-corrected chi connectivity index (χ1v) is 8.05. The van der Waals surface area contributed by atoms with Crippen LogP contribution in [0.4, 0.5) is 0 Å². The maximum absolute atomic E-state index is 5.42. The molecule has 0 bridgehead atoms. The number of hydrogen-bond donors (Lipinski definition) is 0. The minimum atomic E-state index is 0.0332. The third kappa shape index (κ3) is 4.33. The van der Waals surface area contributed by atoms with E-state index in [-0.39, 0.29) is 6.23 Å². The highest BCUT2D eigenvalue weighted by molar-refractivity contribution is 9.11. The summed E-state index contributed by atoms with van der Waals surface area (Å²) in [6, 6.07) is 0. The second-order valence-electron chi connectivity index (χ2n) is 5.49. The largest absolute Gasteiger partial charge is 0.357 e. The average molecular weight is 329 g/mol. The van der Waals surface area contributed by atoms with E-state index in [4.69, 9.17) is 4.74 Å². The fourth-order valence-corrected chi connectivity index (χ4v) is 3.72. The van der Waals surface area contributed by atoms with Gasteiger partial charge in [0.25, 0.3) is 0 Å². The minimum absolute atomic E-state index is 0.0332. The Balaban J connectivity index is 1.77. The maximum Gasteiger partial charge on any atom is 0.161 e. The molecule has 3 nitrogen and oxygen atoms in total. The van der Waals surface area contributed by atoms with Crippen molar-refractivity contribution in [3.05, 3.63) is 22.3 Å². The molecular formula is C15H25BrN2O. The van der Waals surface area contributed by atoms with Crippen LogP contribution in [0.3, 0.4) is 0 Å². The molecular weight excluding hydrogens is 304 g/mol. The monoisotopic (exact) mass is 328 g/mol. The summed E-state index contributed by atoms with van der Waals surface area (Å²) in [6.07, 6.45) is 11.0. The summed E-state index contributed by atoms with van der Waals surface area (Å²) < 4.78 is 6.54. The van der Waals surface area contributed by atoms with Crippen LogP contribution in [0.15, 0.2) is 22.3 Å². The van der Waals surface area contributed by atoms with Gasteiger partial charge >= 0.3 is 0 Å². The normalized spacial score (nSPS) is 25.2. The first-order chi connectivity index (χ1) is 9.20. The lowest BCUT2D eigenvalue weighted by Crippen LogP contribution is -2.32. The van der Waals surface area contributed by atoms with Crippen LogP contribution in [-0.4, -0.2) is 49.8 Å². The Hall–Kier alpha value is -0.320. The van der Waals surface area contributed by atoms with E-state index in [1.807, 2.05) is 0 Å². The first kappa shape index (κ1) is 15.1. The lowest BCUT2D eigenvalue weighted by Gasteiger charge is -2.30. The lowest BCUT2D eigenvalue weighted by molar-refractivity contribution is 0.0414. The van der Waals surface area contributed by atoms with E-state index in [0.717, 1.165) is 10.9 Å². The Kier molecular flexibility index (Phi) is 5.92. The molecule has 0 aromatic carbocycles. The molecule has 0 N–H and O–H groups in total. The number of ether oxygens (including phenoxy) is 1. The molecule has 0 radical (unpaired) electrons. The van der Waals surface area contributed by atoms with Crippen molar-refractivity contribution in [1.82, 2.24) is 9.80 Å². The molecule has 108 valence electrons. The zero-order valence-corrected chi connectivity index (χ0v) is 13.7. The molecule has 0 amide bonds. The summed E-state index contributed by atoms with van der Waals surface area (Å²) >= 11 is 3.61. The van der Waals surface area contributed by atoms with Crippen molar-refractivity contribution in [3.63, 3.8) is 0 Å². The van der Waals surface area contributed by atoms with E-state index in [2.05, 4.69) is 45.1 Å². The number of allylic oxidation sites excluding steroid dienone is 2. The fourth-order valence-electron chi connectivity index (χ4n) is 2.91. The smallest absolute Gasteiger partial charge is 0.161 e. The quantitative estimate of drug-likeness (QED) is 0.769. The predicted molar refractivity (Wildman–Crippen MR) is 83.2 cm³/mol. The SMILES string of the molecule is COC1C(Br)=CC(CCCN2CCCCC2)=CN1C. The van der Waals surface area contributed by atoms with Gasteiger partial charge in [0.05, 0.1) is 0 Å². The Morgan fingerprint density at radius 1 is 1.32 bits per heavy atom. The third-order valence-corrected chi connectivity index (χ3v) is 4.53. The summed E-state index contributed by atoms with van der Waals surface area (Å²) in [6.45, 7) is 3.83. The zero-order chi connectivity index (χ0) is 13.7. The van der Waals surface area contributed by atoms with Gasteiger partial charge in [0.1, 0.15) is 0 Å². The molecule has 0 spiro atoms. The summed E-state index contributed by atoms with van der Waals surface area (Å²) in [5.41, 5.74) is 1.39. The van der Waals surface area contributed by atoms with Crippen LogP contribution in [0.25, 0.3) is 0 Å². The molecule has 2 rings (SSSR count). The molecule has 4 heteroatoms. The molecule has 1 fully saturated rings.